The number of halogens is 1. The predicted molar refractivity (Wildman–Crippen MR) is 74.8 cm³/mol. The van der Waals surface area contributed by atoms with Crippen LogP contribution in [0.15, 0.2) is 24.3 Å². The van der Waals surface area contributed by atoms with E-state index >= 15 is 0 Å². The Balaban J connectivity index is 2.03. The first-order chi connectivity index (χ1) is 8.61. The zero-order valence-corrected chi connectivity index (χ0v) is 11.7. The van der Waals surface area contributed by atoms with Gasteiger partial charge in [-0.2, -0.15) is 0 Å². The van der Waals surface area contributed by atoms with Gasteiger partial charge in [0, 0.05) is 17.5 Å². The van der Waals surface area contributed by atoms with Gasteiger partial charge in [0.05, 0.1) is 0 Å². The molecule has 18 heavy (non-hydrogen) atoms. The van der Waals surface area contributed by atoms with E-state index in [1.807, 2.05) is 24.3 Å². The third kappa shape index (κ3) is 2.86. The van der Waals surface area contributed by atoms with Crippen molar-refractivity contribution in [3.8, 4) is 0 Å². The van der Waals surface area contributed by atoms with E-state index in [4.69, 9.17) is 11.6 Å². The van der Waals surface area contributed by atoms with E-state index < -0.39 is 0 Å². The highest BCUT2D eigenvalue weighted by molar-refractivity contribution is 6.17. The lowest BCUT2D eigenvalue weighted by Gasteiger charge is -2.19. The highest BCUT2D eigenvalue weighted by atomic mass is 35.5. The average molecular weight is 266 g/mol. The minimum absolute atomic E-state index is 0.0212. The first-order valence-corrected chi connectivity index (χ1v) is 7.11. The molecule has 1 aromatic carbocycles. The van der Waals surface area contributed by atoms with Crippen LogP contribution in [-0.2, 0) is 5.88 Å². The van der Waals surface area contributed by atoms with E-state index in [-0.39, 0.29) is 5.91 Å². The molecule has 0 spiro atoms. The molecule has 3 atom stereocenters. The molecule has 0 bridgehead atoms. The van der Waals surface area contributed by atoms with Crippen LogP contribution < -0.4 is 5.32 Å². The Morgan fingerprint density at radius 3 is 2.78 bits per heavy atom. The number of nitrogens with one attached hydrogen (secondary N) is 1. The molecule has 98 valence electrons. The lowest BCUT2D eigenvalue weighted by atomic mass is 9.97. The molecule has 0 aromatic heterocycles. The summed E-state index contributed by atoms with van der Waals surface area (Å²) in [4.78, 5) is 12.2. The Bertz CT molecular complexity index is 432. The lowest BCUT2D eigenvalue weighted by molar-refractivity contribution is 0.0927. The van der Waals surface area contributed by atoms with E-state index in [1.165, 1.54) is 6.42 Å². The summed E-state index contributed by atoms with van der Waals surface area (Å²) >= 11 is 5.78. The molecule has 1 amide bonds. The van der Waals surface area contributed by atoms with Gasteiger partial charge < -0.3 is 5.32 Å². The smallest absolute Gasteiger partial charge is 0.251 e. The van der Waals surface area contributed by atoms with Gasteiger partial charge in [0.1, 0.15) is 0 Å². The van der Waals surface area contributed by atoms with Crippen LogP contribution in [0.4, 0.5) is 0 Å². The predicted octanol–water partition coefficient (Wildman–Crippen LogP) is 3.59. The van der Waals surface area contributed by atoms with Crippen molar-refractivity contribution < 1.29 is 4.79 Å². The molecular formula is C15H20ClNO. The van der Waals surface area contributed by atoms with Crippen molar-refractivity contribution in [3.05, 3.63) is 35.4 Å². The maximum atomic E-state index is 12.2. The fourth-order valence-corrected chi connectivity index (χ4v) is 2.78. The molecule has 0 saturated heterocycles. The van der Waals surface area contributed by atoms with E-state index in [0.717, 1.165) is 12.0 Å². The van der Waals surface area contributed by atoms with Crippen LogP contribution in [0.5, 0.6) is 0 Å². The average Bonchev–Trinajstić information content (AvgIpc) is 2.71. The summed E-state index contributed by atoms with van der Waals surface area (Å²) in [5.41, 5.74) is 1.69. The Hall–Kier alpha value is -1.02. The summed E-state index contributed by atoms with van der Waals surface area (Å²) in [6, 6.07) is 7.84. The number of benzene rings is 1. The van der Waals surface area contributed by atoms with Crippen LogP contribution in [0.25, 0.3) is 0 Å². The molecule has 0 heterocycles. The minimum Gasteiger partial charge on any atom is -0.349 e. The third-order valence-electron chi connectivity index (χ3n) is 4.13. The van der Waals surface area contributed by atoms with Crippen molar-refractivity contribution >= 4 is 17.5 Å². The van der Waals surface area contributed by atoms with E-state index in [2.05, 4.69) is 19.2 Å². The van der Waals surface area contributed by atoms with Crippen LogP contribution in [0.2, 0.25) is 0 Å². The normalized spacial score (nSPS) is 27.2. The maximum absolute atomic E-state index is 12.2. The van der Waals surface area contributed by atoms with Gasteiger partial charge in [0.2, 0.25) is 0 Å². The van der Waals surface area contributed by atoms with Gasteiger partial charge in [-0.15, -0.1) is 11.6 Å². The van der Waals surface area contributed by atoms with Gasteiger partial charge in [0.25, 0.3) is 5.91 Å². The van der Waals surface area contributed by atoms with E-state index in [0.29, 0.717) is 29.3 Å². The summed E-state index contributed by atoms with van der Waals surface area (Å²) in [6.45, 7) is 4.47. The second kappa shape index (κ2) is 5.75. The Kier molecular flexibility index (Phi) is 4.28. The quantitative estimate of drug-likeness (QED) is 0.832. The SMILES string of the molecule is CC1CCC(NC(=O)c2cccc(CCl)c2)C1C. The Morgan fingerprint density at radius 1 is 1.39 bits per heavy atom. The topological polar surface area (TPSA) is 29.1 Å². The zero-order valence-electron chi connectivity index (χ0n) is 10.9. The van der Waals surface area contributed by atoms with Crippen LogP contribution >= 0.6 is 11.6 Å². The second-order valence-corrected chi connectivity index (χ2v) is 5.59. The number of hydrogen-bond acceptors (Lipinski definition) is 1. The van der Waals surface area contributed by atoms with Gasteiger partial charge >= 0.3 is 0 Å². The number of alkyl halides is 1. The highest BCUT2D eigenvalue weighted by Gasteiger charge is 2.30. The molecule has 1 fully saturated rings. The molecule has 0 radical (unpaired) electrons. The van der Waals surface area contributed by atoms with Gasteiger partial charge in [-0.3, -0.25) is 4.79 Å². The molecule has 1 aromatic rings. The molecule has 3 heteroatoms. The van der Waals surface area contributed by atoms with Gasteiger partial charge in [-0.1, -0.05) is 26.0 Å². The summed E-state index contributed by atoms with van der Waals surface area (Å²) in [7, 11) is 0. The van der Waals surface area contributed by atoms with Gasteiger partial charge in [-0.25, -0.2) is 0 Å². The fraction of sp³-hybridized carbons (Fsp3) is 0.533. The zero-order chi connectivity index (χ0) is 13.1. The number of rotatable bonds is 3. The first-order valence-electron chi connectivity index (χ1n) is 6.57. The summed E-state index contributed by atoms with van der Waals surface area (Å²) in [5, 5.41) is 3.14. The molecule has 2 nitrogen and oxygen atoms in total. The van der Waals surface area contributed by atoms with Crippen molar-refractivity contribution in [2.45, 2.75) is 38.6 Å². The van der Waals surface area contributed by atoms with Crippen LogP contribution in [0.1, 0.15) is 42.6 Å². The Labute approximate surface area is 114 Å². The maximum Gasteiger partial charge on any atom is 0.251 e. The molecule has 1 N–H and O–H groups in total. The summed E-state index contributed by atoms with van der Waals surface area (Å²) in [5.74, 6) is 1.72. The van der Waals surface area contributed by atoms with Crippen molar-refractivity contribution in [1.82, 2.24) is 5.32 Å². The van der Waals surface area contributed by atoms with Crippen molar-refractivity contribution in [2.24, 2.45) is 11.8 Å². The molecule has 1 saturated carbocycles. The van der Waals surface area contributed by atoms with Crippen LogP contribution in [-0.4, -0.2) is 11.9 Å². The molecule has 1 aliphatic carbocycles. The minimum atomic E-state index is 0.0212. The van der Waals surface area contributed by atoms with Crippen molar-refractivity contribution in [1.29, 1.82) is 0 Å². The van der Waals surface area contributed by atoms with Crippen molar-refractivity contribution in [3.63, 3.8) is 0 Å². The number of carbonyl (C=O) groups is 1. The molecule has 2 rings (SSSR count). The van der Waals surface area contributed by atoms with Gasteiger partial charge in [0.15, 0.2) is 0 Å². The Morgan fingerprint density at radius 2 is 2.17 bits per heavy atom. The van der Waals surface area contributed by atoms with Crippen LogP contribution in [0.3, 0.4) is 0 Å². The van der Waals surface area contributed by atoms with Crippen LogP contribution in [0, 0.1) is 11.8 Å². The molecular weight excluding hydrogens is 246 g/mol. The van der Waals surface area contributed by atoms with Gasteiger partial charge in [-0.05, 0) is 42.4 Å². The summed E-state index contributed by atoms with van der Waals surface area (Å²) in [6.07, 6.45) is 2.29. The summed E-state index contributed by atoms with van der Waals surface area (Å²) < 4.78 is 0. The standard InChI is InChI=1S/C15H20ClNO/c1-10-6-7-14(11(10)2)17-15(18)13-5-3-4-12(8-13)9-16/h3-5,8,10-11,14H,6-7,9H2,1-2H3,(H,17,18). The number of carbonyl (C=O) groups excluding carboxylic acids is 1. The number of amides is 1. The van der Waals surface area contributed by atoms with E-state index in [9.17, 15) is 4.79 Å². The highest BCUT2D eigenvalue weighted by Crippen LogP contribution is 2.31. The van der Waals surface area contributed by atoms with E-state index in [1.54, 1.807) is 0 Å². The molecule has 0 aliphatic heterocycles. The molecule has 1 aliphatic rings. The van der Waals surface area contributed by atoms with Crippen molar-refractivity contribution in [2.75, 3.05) is 0 Å². The number of hydrogen-bond donors (Lipinski definition) is 1. The fourth-order valence-electron chi connectivity index (χ4n) is 2.62. The monoisotopic (exact) mass is 265 g/mol. The lowest BCUT2D eigenvalue weighted by Crippen LogP contribution is -2.37. The third-order valence-corrected chi connectivity index (χ3v) is 4.43. The first kappa shape index (κ1) is 13.4. The molecule has 3 unspecified atom stereocenters. The largest absolute Gasteiger partial charge is 0.349 e. The second-order valence-electron chi connectivity index (χ2n) is 5.33.